The van der Waals surface area contributed by atoms with Crippen LogP contribution in [0.3, 0.4) is 0 Å². The SMILES string of the molecule is CCCOc1ccc(C(C)(C)C)cc1CCC(CN)CN. The van der Waals surface area contributed by atoms with E-state index in [9.17, 15) is 0 Å². The van der Waals surface area contributed by atoms with Crippen molar-refractivity contribution < 1.29 is 4.74 Å². The molecule has 4 N–H and O–H groups in total. The third-order valence-corrected chi connectivity index (χ3v) is 3.88. The number of aryl methyl sites for hydroxylation is 1. The zero-order valence-electron chi connectivity index (χ0n) is 14.1. The molecule has 0 amide bonds. The summed E-state index contributed by atoms with van der Waals surface area (Å²) in [6.45, 7) is 10.9. The van der Waals surface area contributed by atoms with Crippen LogP contribution in [0.4, 0.5) is 0 Å². The summed E-state index contributed by atoms with van der Waals surface area (Å²) >= 11 is 0. The van der Waals surface area contributed by atoms with Gasteiger partial charge < -0.3 is 16.2 Å². The van der Waals surface area contributed by atoms with Crippen molar-refractivity contribution >= 4 is 0 Å². The van der Waals surface area contributed by atoms with Gasteiger partial charge in [-0.05, 0) is 60.9 Å². The van der Waals surface area contributed by atoms with Gasteiger partial charge in [-0.25, -0.2) is 0 Å². The van der Waals surface area contributed by atoms with Crippen molar-refractivity contribution in [3.05, 3.63) is 29.3 Å². The highest BCUT2D eigenvalue weighted by Gasteiger charge is 2.16. The largest absolute Gasteiger partial charge is 0.493 e. The van der Waals surface area contributed by atoms with Crippen LogP contribution < -0.4 is 16.2 Å². The van der Waals surface area contributed by atoms with Crippen LogP contribution in [0.5, 0.6) is 5.75 Å². The highest BCUT2D eigenvalue weighted by molar-refractivity contribution is 5.40. The van der Waals surface area contributed by atoms with E-state index in [0.717, 1.165) is 31.6 Å². The minimum absolute atomic E-state index is 0.152. The van der Waals surface area contributed by atoms with Crippen molar-refractivity contribution in [3.63, 3.8) is 0 Å². The van der Waals surface area contributed by atoms with Crippen LogP contribution in [-0.4, -0.2) is 19.7 Å². The lowest BCUT2D eigenvalue weighted by Gasteiger charge is -2.22. The molecule has 1 rings (SSSR count). The fourth-order valence-corrected chi connectivity index (χ4v) is 2.29. The van der Waals surface area contributed by atoms with Gasteiger partial charge in [0, 0.05) is 0 Å². The second-order valence-corrected chi connectivity index (χ2v) is 6.80. The molecule has 3 heteroatoms. The molecule has 3 nitrogen and oxygen atoms in total. The van der Waals surface area contributed by atoms with Crippen LogP contribution in [0.25, 0.3) is 0 Å². The second kappa shape index (κ2) is 8.40. The highest BCUT2D eigenvalue weighted by Crippen LogP contribution is 2.29. The van der Waals surface area contributed by atoms with Crippen molar-refractivity contribution in [1.82, 2.24) is 0 Å². The summed E-state index contributed by atoms with van der Waals surface area (Å²) in [6, 6.07) is 6.58. The molecule has 0 saturated carbocycles. The fraction of sp³-hybridized carbons (Fsp3) is 0.667. The Labute approximate surface area is 130 Å². The van der Waals surface area contributed by atoms with Crippen molar-refractivity contribution in [2.75, 3.05) is 19.7 Å². The summed E-state index contributed by atoms with van der Waals surface area (Å²) < 4.78 is 5.89. The Morgan fingerprint density at radius 3 is 2.33 bits per heavy atom. The third-order valence-electron chi connectivity index (χ3n) is 3.88. The van der Waals surface area contributed by atoms with Gasteiger partial charge in [-0.3, -0.25) is 0 Å². The van der Waals surface area contributed by atoms with Crippen LogP contribution in [-0.2, 0) is 11.8 Å². The average molecular weight is 292 g/mol. The van der Waals surface area contributed by atoms with E-state index >= 15 is 0 Å². The number of ether oxygens (including phenoxy) is 1. The standard InChI is InChI=1S/C18H32N2O/c1-5-10-21-17-9-8-16(18(2,3)4)11-15(17)7-6-14(12-19)13-20/h8-9,11,14H,5-7,10,12-13,19-20H2,1-4H3. The monoisotopic (exact) mass is 292 g/mol. The van der Waals surface area contributed by atoms with Gasteiger partial charge in [0.15, 0.2) is 0 Å². The Hall–Kier alpha value is -1.06. The third kappa shape index (κ3) is 5.68. The first-order valence-corrected chi connectivity index (χ1v) is 8.08. The Bertz CT molecular complexity index is 420. The first-order valence-electron chi connectivity index (χ1n) is 8.08. The van der Waals surface area contributed by atoms with E-state index in [-0.39, 0.29) is 5.41 Å². The molecular weight excluding hydrogens is 260 g/mol. The van der Waals surface area contributed by atoms with Crippen molar-refractivity contribution in [3.8, 4) is 5.75 Å². The second-order valence-electron chi connectivity index (χ2n) is 6.80. The van der Waals surface area contributed by atoms with E-state index in [1.807, 2.05) is 0 Å². The highest BCUT2D eigenvalue weighted by atomic mass is 16.5. The van der Waals surface area contributed by atoms with E-state index in [1.165, 1.54) is 11.1 Å². The van der Waals surface area contributed by atoms with E-state index in [2.05, 4.69) is 45.9 Å². The lowest BCUT2D eigenvalue weighted by molar-refractivity contribution is 0.313. The quantitative estimate of drug-likeness (QED) is 0.773. The van der Waals surface area contributed by atoms with Crippen LogP contribution in [0.15, 0.2) is 18.2 Å². The Morgan fingerprint density at radius 1 is 1.14 bits per heavy atom. The van der Waals surface area contributed by atoms with E-state index in [0.29, 0.717) is 19.0 Å². The number of benzene rings is 1. The predicted octanol–water partition coefficient (Wildman–Crippen LogP) is 3.24. The molecule has 0 heterocycles. The average Bonchev–Trinajstić information content (AvgIpc) is 2.45. The van der Waals surface area contributed by atoms with Gasteiger partial charge in [0.1, 0.15) is 5.75 Å². The molecule has 1 aromatic rings. The summed E-state index contributed by atoms with van der Waals surface area (Å²) in [7, 11) is 0. The molecule has 0 bridgehead atoms. The van der Waals surface area contributed by atoms with Crippen LogP contribution in [0.2, 0.25) is 0 Å². The Balaban J connectivity index is 2.93. The van der Waals surface area contributed by atoms with E-state index in [4.69, 9.17) is 16.2 Å². The maximum absolute atomic E-state index is 5.89. The zero-order valence-corrected chi connectivity index (χ0v) is 14.1. The summed E-state index contributed by atoms with van der Waals surface area (Å²) in [5.41, 5.74) is 14.3. The molecule has 0 saturated heterocycles. The molecule has 0 aliphatic carbocycles. The number of rotatable bonds is 8. The van der Waals surface area contributed by atoms with Crippen LogP contribution >= 0.6 is 0 Å². The minimum atomic E-state index is 0.152. The van der Waals surface area contributed by atoms with Gasteiger partial charge in [0.25, 0.3) is 0 Å². The van der Waals surface area contributed by atoms with Crippen molar-refractivity contribution in [1.29, 1.82) is 0 Å². The van der Waals surface area contributed by atoms with Gasteiger partial charge in [0.2, 0.25) is 0 Å². The normalized spacial score (nSPS) is 12.0. The Kier molecular flexibility index (Phi) is 7.20. The van der Waals surface area contributed by atoms with Crippen LogP contribution in [0.1, 0.15) is 51.7 Å². The molecule has 0 aromatic heterocycles. The number of hydrogen-bond donors (Lipinski definition) is 2. The van der Waals surface area contributed by atoms with Gasteiger partial charge >= 0.3 is 0 Å². The molecule has 0 aliphatic heterocycles. The molecule has 120 valence electrons. The molecule has 0 unspecified atom stereocenters. The molecule has 0 fully saturated rings. The number of hydrogen-bond acceptors (Lipinski definition) is 3. The molecule has 0 radical (unpaired) electrons. The fourth-order valence-electron chi connectivity index (χ4n) is 2.29. The van der Waals surface area contributed by atoms with E-state index < -0.39 is 0 Å². The summed E-state index contributed by atoms with van der Waals surface area (Å²) in [5.74, 6) is 1.40. The van der Waals surface area contributed by atoms with Gasteiger partial charge in [-0.1, -0.05) is 39.8 Å². The smallest absolute Gasteiger partial charge is 0.122 e. The lowest BCUT2D eigenvalue weighted by atomic mass is 9.85. The van der Waals surface area contributed by atoms with Gasteiger partial charge in [-0.2, -0.15) is 0 Å². The maximum atomic E-state index is 5.89. The van der Waals surface area contributed by atoms with Gasteiger partial charge in [-0.15, -0.1) is 0 Å². The molecule has 21 heavy (non-hydrogen) atoms. The maximum Gasteiger partial charge on any atom is 0.122 e. The topological polar surface area (TPSA) is 61.3 Å². The Morgan fingerprint density at radius 2 is 1.81 bits per heavy atom. The minimum Gasteiger partial charge on any atom is -0.493 e. The zero-order chi connectivity index (χ0) is 15.9. The van der Waals surface area contributed by atoms with E-state index in [1.54, 1.807) is 0 Å². The first kappa shape index (κ1) is 18.0. The van der Waals surface area contributed by atoms with Gasteiger partial charge in [0.05, 0.1) is 6.61 Å². The summed E-state index contributed by atoms with van der Waals surface area (Å²) in [6.07, 6.45) is 3.01. The molecule has 1 aromatic carbocycles. The molecule has 0 aliphatic rings. The molecular formula is C18H32N2O. The summed E-state index contributed by atoms with van der Waals surface area (Å²) in [4.78, 5) is 0. The van der Waals surface area contributed by atoms with Crippen LogP contribution in [0, 0.1) is 5.92 Å². The molecule has 0 spiro atoms. The number of nitrogens with two attached hydrogens (primary N) is 2. The van der Waals surface area contributed by atoms with Crippen molar-refractivity contribution in [2.24, 2.45) is 17.4 Å². The lowest BCUT2D eigenvalue weighted by Crippen LogP contribution is -2.23. The van der Waals surface area contributed by atoms with Crippen molar-refractivity contribution in [2.45, 2.75) is 52.4 Å². The predicted molar refractivity (Wildman–Crippen MR) is 90.8 cm³/mol. The first-order chi connectivity index (χ1) is 9.92. The molecule has 0 atom stereocenters. The summed E-state index contributed by atoms with van der Waals surface area (Å²) in [5, 5.41) is 0.